The van der Waals surface area contributed by atoms with Gasteiger partial charge in [0.15, 0.2) is 0 Å². The Morgan fingerprint density at radius 2 is 2.23 bits per heavy atom. The van der Waals surface area contributed by atoms with E-state index < -0.39 is 6.10 Å². The van der Waals surface area contributed by atoms with Crippen molar-refractivity contribution in [3.8, 4) is 0 Å². The molecule has 0 aliphatic heterocycles. The first-order valence-electron chi connectivity index (χ1n) is 7.54. The van der Waals surface area contributed by atoms with E-state index in [0.717, 1.165) is 24.1 Å². The number of rotatable bonds is 4. The number of aliphatic hydroxyl groups excluding tert-OH is 1. The van der Waals surface area contributed by atoms with Crippen LogP contribution in [0.1, 0.15) is 30.5 Å². The molecule has 116 valence electrons. The van der Waals surface area contributed by atoms with Crippen molar-refractivity contribution in [3.05, 3.63) is 47.7 Å². The van der Waals surface area contributed by atoms with Crippen LogP contribution in [0.3, 0.4) is 0 Å². The Morgan fingerprint density at radius 1 is 1.41 bits per heavy atom. The summed E-state index contributed by atoms with van der Waals surface area (Å²) in [5.41, 5.74) is 2.06. The van der Waals surface area contributed by atoms with Crippen molar-refractivity contribution in [2.24, 2.45) is 0 Å². The number of aromatic nitrogens is 2. The van der Waals surface area contributed by atoms with Crippen molar-refractivity contribution in [1.82, 2.24) is 15.1 Å². The second-order valence-corrected chi connectivity index (χ2v) is 5.49. The molecule has 0 radical (unpaired) electrons. The minimum Gasteiger partial charge on any atom is -0.390 e. The summed E-state index contributed by atoms with van der Waals surface area (Å²) in [4.78, 5) is 12.2. The van der Waals surface area contributed by atoms with Gasteiger partial charge in [0.1, 0.15) is 5.82 Å². The molecule has 0 fully saturated rings. The Balaban J connectivity index is 1.68. The van der Waals surface area contributed by atoms with Crippen LogP contribution in [0.2, 0.25) is 0 Å². The van der Waals surface area contributed by atoms with Gasteiger partial charge < -0.3 is 10.4 Å². The maximum absolute atomic E-state index is 12.2. The summed E-state index contributed by atoms with van der Waals surface area (Å²) in [6, 6.07) is 8.83. The summed E-state index contributed by atoms with van der Waals surface area (Å²) >= 11 is 0. The summed E-state index contributed by atoms with van der Waals surface area (Å²) in [5, 5.41) is 20.0. The molecule has 0 spiro atoms. The van der Waals surface area contributed by atoms with Gasteiger partial charge in [-0.05, 0) is 17.5 Å². The molecule has 0 saturated carbocycles. The van der Waals surface area contributed by atoms with Gasteiger partial charge in [-0.3, -0.25) is 5.32 Å². The second-order valence-electron chi connectivity index (χ2n) is 5.49. The van der Waals surface area contributed by atoms with Gasteiger partial charge in [0.25, 0.3) is 0 Å². The van der Waals surface area contributed by atoms with Crippen LogP contribution >= 0.6 is 0 Å². The van der Waals surface area contributed by atoms with E-state index in [9.17, 15) is 9.90 Å². The standard InChI is InChI=1S/C16H20N4O2/c1-2-9-20-14(7-8-17-20)18-16(22)19-15-12-6-4-3-5-11(12)10-13(15)21/h3-8,13,15,21H,2,9-10H2,1H3,(H2,18,19,22)/t13-,15+/m1/s1. The van der Waals surface area contributed by atoms with Crippen molar-refractivity contribution < 1.29 is 9.90 Å². The zero-order chi connectivity index (χ0) is 15.5. The van der Waals surface area contributed by atoms with Gasteiger partial charge in [-0.1, -0.05) is 31.2 Å². The van der Waals surface area contributed by atoms with Crippen LogP contribution in [0.15, 0.2) is 36.5 Å². The SMILES string of the molecule is CCCn1nccc1NC(=O)N[C@H]1c2ccccc2C[C@H]1O. The highest BCUT2D eigenvalue weighted by Gasteiger charge is 2.31. The molecular weight excluding hydrogens is 280 g/mol. The molecule has 1 aliphatic carbocycles. The number of carbonyl (C=O) groups is 1. The summed E-state index contributed by atoms with van der Waals surface area (Å²) in [6.45, 7) is 2.80. The topological polar surface area (TPSA) is 79.2 Å². The van der Waals surface area contributed by atoms with Crippen LogP contribution in [0.4, 0.5) is 10.6 Å². The third kappa shape index (κ3) is 2.82. The Morgan fingerprint density at radius 3 is 3.05 bits per heavy atom. The van der Waals surface area contributed by atoms with Crippen molar-refractivity contribution >= 4 is 11.8 Å². The molecule has 0 saturated heterocycles. The highest BCUT2D eigenvalue weighted by atomic mass is 16.3. The van der Waals surface area contributed by atoms with Crippen LogP contribution < -0.4 is 10.6 Å². The van der Waals surface area contributed by atoms with E-state index in [1.165, 1.54) is 0 Å². The van der Waals surface area contributed by atoms with E-state index in [4.69, 9.17) is 0 Å². The van der Waals surface area contributed by atoms with E-state index in [2.05, 4.69) is 22.7 Å². The Labute approximate surface area is 129 Å². The van der Waals surface area contributed by atoms with Gasteiger partial charge in [0, 0.05) is 19.0 Å². The monoisotopic (exact) mass is 300 g/mol. The predicted octanol–water partition coefficient (Wildman–Crippen LogP) is 2.07. The third-order valence-electron chi connectivity index (χ3n) is 3.88. The maximum Gasteiger partial charge on any atom is 0.320 e. The molecule has 2 aromatic rings. The number of carbonyl (C=O) groups excluding carboxylic acids is 1. The molecule has 3 rings (SSSR count). The van der Waals surface area contributed by atoms with Crippen LogP contribution in [-0.2, 0) is 13.0 Å². The molecule has 2 atom stereocenters. The smallest absolute Gasteiger partial charge is 0.320 e. The lowest BCUT2D eigenvalue weighted by Gasteiger charge is -2.18. The molecule has 22 heavy (non-hydrogen) atoms. The van der Waals surface area contributed by atoms with Gasteiger partial charge in [-0.25, -0.2) is 9.48 Å². The number of hydrogen-bond donors (Lipinski definition) is 3. The van der Waals surface area contributed by atoms with E-state index in [1.807, 2.05) is 24.3 Å². The fourth-order valence-corrected chi connectivity index (χ4v) is 2.87. The molecule has 1 heterocycles. The molecule has 2 amide bonds. The van der Waals surface area contributed by atoms with Crippen molar-refractivity contribution in [2.75, 3.05) is 5.32 Å². The molecule has 1 aromatic heterocycles. The number of hydrogen-bond acceptors (Lipinski definition) is 3. The molecule has 6 heteroatoms. The number of nitrogens with zero attached hydrogens (tertiary/aromatic N) is 2. The van der Waals surface area contributed by atoms with Gasteiger partial charge in [0.2, 0.25) is 0 Å². The quantitative estimate of drug-likeness (QED) is 0.809. The molecular formula is C16H20N4O2. The fraction of sp³-hybridized carbons (Fsp3) is 0.375. The molecule has 3 N–H and O–H groups in total. The first-order valence-corrected chi connectivity index (χ1v) is 7.54. The zero-order valence-corrected chi connectivity index (χ0v) is 12.5. The van der Waals surface area contributed by atoms with Gasteiger partial charge in [-0.2, -0.15) is 5.10 Å². The number of nitrogens with one attached hydrogen (secondary N) is 2. The van der Waals surface area contributed by atoms with E-state index in [0.29, 0.717) is 12.2 Å². The number of urea groups is 1. The first-order chi connectivity index (χ1) is 10.7. The van der Waals surface area contributed by atoms with Gasteiger partial charge in [-0.15, -0.1) is 0 Å². The Hall–Kier alpha value is -2.34. The summed E-state index contributed by atoms with van der Waals surface area (Å²) in [7, 11) is 0. The molecule has 0 bridgehead atoms. The van der Waals surface area contributed by atoms with Crippen LogP contribution in [0.25, 0.3) is 0 Å². The second kappa shape index (κ2) is 6.19. The summed E-state index contributed by atoms with van der Waals surface area (Å²) in [6.07, 6.45) is 2.57. The molecule has 0 unspecified atom stereocenters. The van der Waals surface area contributed by atoms with Crippen molar-refractivity contribution in [2.45, 2.75) is 38.5 Å². The summed E-state index contributed by atoms with van der Waals surface area (Å²) in [5.74, 6) is 0.653. The highest BCUT2D eigenvalue weighted by molar-refractivity contribution is 5.88. The lowest BCUT2D eigenvalue weighted by Crippen LogP contribution is -2.37. The molecule has 1 aliphatic rings. The minimum absolute atomic E-state index is 0.335. The minimum atomic E-state index is -0.594. The Kier molecular flexibility index (Phi) is 4.11. The van der Waals surface area contributed by atoms with Crippen LogP contribution in [-0.4, -0.2) is 27.0 Å². The average molecular weight is 300 g/mol. The third-order valence-corrected chi connectivity index (χ3v) is 3.88. The Bertz CT molecular complexity index is 668. The summed E-state index contributed by atoms with van der Waals surface area (Å²) < 4.78 is 1.75. The largest absolute Gasteiger partial charge is 0.390 e. The lowest BCUT2D eigenvalue weighted by atomic mass is 10.1. The number of aryl methyl sites for hydroxylation is 1. The number of aliphatic hydroxyl groups is 1. The van der Waals surface area contributed by atoms with E-state index in [-0.39, 0.29) is 12.1 Å². The maximum atomic E-state index is 12.2. The highest BCUT2D eigenvalue weighted by Crippen LogP contribution is 2.31. The van der Waals surface area contributed by atoms with E-state index >= 15 is 0 Å². The van der Waals surface area contributed by atoms with E-state index in [1.54, 1.807) is 16.9 Å². The predicted molar refractivity (Wildman–Crippen MR) is 83.6 cm³/mol. The zero-order valence-electron chi connectivity index (χ0n) is 12.5. The van der Waals surface area contributed by atoms with Crippen LogP contribution in [0, 0.1) is 0 Å². The number of anilines is 1. The first kappa shape index (κ1) is 14.6. The molecule has 1 aromatic carbocycles. The van der Waals surface area contributed by atoms with Crippen LogP contribution in [0.5, 0.6) is 0 Å². The lowest BCUT2D eigenvalue weighted by molar-refractivity contribution is 0.144. The fourth-order valence-electron chi connectivity index (χ4n) is 2.87. The van der Waals surface area contributed by atoms with Gasteiger partial charge >= 0.3 is 6.03 Å². The molecule has 6 nitrogen and oxygen atoms in total. The number of amides is 2. The number of benzene rings is 1. The van der Waals surface area contributed by atoms with Gasteiger partial charge in [0.05, 0.1) is 18.3 Å². The van der Waals surface area contributed by atoms with Crippen molar-refractivity contribution in [1.29, 1.82) is 0 Å². The average Bonchev–Trinajstić information content (AvgIpc) is 3.05. The number of fused-ring (bicyclic) bond motifs is 1. The normalized spacial score (nSPS) is 19.7. The van der Waals surface area contributed by atoms with Crippen molar-refractivity contribution in [3.63, 3.8) is 0 Å².